The Bertz CT molecular complexity index is 1090. The van der Waals surface area contributed by atoms with Crippen molar-refractivity contribution in [2.45, 2.75) is 19.4 Å². The second kappa shape index (κ2) is 8.96. The van der Waals surface area contributed by atoms with E-state index in [2.05, 4.69) is 21.2 Å². The molecule has 0 unspecified atom stereocenters. The number of halogens is 2. The van der Waals surface area contributed by atoms with Gasteiger partial charge in [-0.05, 0) is 53.4 Å². The third kappa shape index (κ3) is 4.38. The quantitative estimate of drug-likeness (QED) is 0.591. The van der Waals surface area contributed by atoms with Crippen LogP contribution in [0.15, 0.2) is 65.1 Å². The van der Waals surface area contributed by atoms with Gasteiger partial charge in [0.15, 0.2) is 0 Å². The first-order chi connectivity index (χ1) is 14.5. The molecule has 0 saturated carbocycles. The third-order valence-corrected chi connectivity index (χ3v) is 6.41. The van der Waals surface area contributed by atoms with Crippen LogP contribution in [0.1, 0.15) is 28.8 Å². The molecular weight excluding hydrogens is 447 g/mol. The van der Waals surface area contributed by atoms with Crippen LogP contribution in [0.3, 0.4) is 0 Å². The smallest absolute Gasteiger partial charge is 0.254 e. The molecule has 3 aromatic carbocycles. The SMILES string of the molecule is O=C(NCc1cc(F)ccc1Br)C1CCN(C(=O)c2cccc3ccccc23)CC1. The van der Waals surface area contributed by atoms with Gasteiger partial charge >= 0.3 is 0 Å². The number of carbonyl (C=O) groups excluding carboxylic acids is 2. The zero-order valence-corrected chi connectivity index (χ0v) is 18.0. The van der Waals surface area contributed by atoms with E-state index in [0.717, 1.165) is 15.2 Å². The standard InChI is InChI=1S/C24H22BrFN2O2/c25-22-9-8-19(26)14-18(22)15-27-23(29)17-10-12-28(13-11-17)24(30)21-7-3-5-16-4-1-2-6-20(16)21/h1-9,14,17H,10-13,15H2,(H,27,29). The number of nitrogens with one attached hydrogen (secondary N) is 1. The van der Waals surface area contributed by atoms with Crippen LogP contribution in [0.4, 0.5) is 4.39 Å². The molecule has 3 aromatic rings. The Kier molecular flexibility index (Phi) is 6.13. The molecule has 2 amide bonds. The fraction of sp³-hybridized carbons (Fsp3) is 0.250. The molecule has 6 heteroatoms. The first-order valence-electron chi connectivity index (χ1n) is 10.0. The van der Waals surface area contributed by atoms with Gasteiger partial charge in [-0.15, -0.1) is 0 Å². The summed E-state index contributed by atoms with van der Waals surface area (Å²) < 4.78 is 14.2. The number of nitrogens with zero attached hydrogens (tertiary/aromatic N) is 1. The van der Waals surface area contributed by atoms with Crippen molar-refractivity contribution < 1.29 is 14.0 Å². The molecule has 1 fully saturated rings. The molecule has 0 radical (unpaired) electrons. The molecule has 30 heavy (non-hydrogen) atoms. The minimum absolute atomic E-state index is 0.00866. The molecule has 0 atom stereocenters. The lowest BCUT2D eigenvalue weighted by atomic mass is 9.94. The molecule has 0 aromatic heterocycles. The van der Waals surface area contributed by atoms with E-state index in [9.17, 15) is 14.0 Å². The summed E-state index contributed by atoms with van der Waals surface area (Å²) in [7, 11) is 0. The Morgan fingerprint density at radius 1 is 1.03 bits per heavy atom. The van der Waals surface area contributed by atoms with Crippen LogP contribution < -0.4 is 5.32 Å². The van der Waals surface area contributed by atoms with E-state index in [0.29, 0.717) is 37.1 Å². The minimum Gasteiger partial charge on any atom is -0.352 e. The van der Waals surface area contributed by atoms with Crippen LogP contribution in [0.25, 0.3) is 10.8 Å². The van der Waals surface area contributed by atoms with Gasteiger partial charge in [0.25, 0.3) is 5.91 Å². The van der Waals surface area contributed by atoms with Crippen LogP contribution in [0, 0.1) is 11.7 Å². The summed E-state index contributed by atoms with van der Waals surface area (Å²) in [6, 6.07) is 18.0. The predicted molar refractivity (Wildman–Crippen MR) is 119 cm³/mol. The highest BCUT2D eigenvalue weighted by Gasteiger charge is 2.28. The van der Waals surface area contributed by atoms with Crippen molar-refractivity contribution in [2.24, 2.45) is 5.92 Å². The fourth-order valence-corrected chi connectivity index (χ4v) is 4.32. The molecule has 4 rings (SSSR count). The second-order valence-corrected chi connectivity index (χ2v) is 8.40. The van der Waals surface area contributed by atoms with E-state index in [4.69, 9.17) is 0 Å². The lowest BCUT2D eigenvalue weighted by molar-refractivity contribution is -0.126. The zero-order chi connectivity index (χ0) is 21.1. The Labute approximate surface area is 183 Å². The van der Waals surface area contributed by atoms with E-state index in [1.54, 1.807) is 6.07 Å². The molecular formula is C24H22BrFN2O2. The summed E-state index contributed by atoms with van der Waals surface area (Å²) in [5, 5.41) is 4.89. The number of hydrogen-bond acceptors (Lipinski definition) is 2. The van der Waals surface area contributed by atoms with Crippen LogP contribution in [-0.2, 0) is 11.3 Å². The van der Waals surface area contributed by atoms with E-state index in [1.807, 2.05) is 47.4 Å². The zero-order valence-electron chi connectivity index (χ0n) is 16.4. The highest BCUT2D eigenvalue weighted by atomic mass is 79.9. The Morgan fingerprint density at radius 2 is 1.77 bits per heavy atom. The normalized spacial score (nSPS) is 14.7. The van der Waals surface area contributed by atoms with Crippen molar-refractivity contribution in [3.05, 3.63) is 82.1 Å². The molecule has 1 N–H and O–H groups in total. The predicted octanol–water partition coefficient (Wildman–Crippen LogP) is 4.91. The van der Waals surface area contributed by atoms with E-state index in [1.165, 1.54) is 12.1 Å². The van der Waals surface area contributed by atoms with Crippen molar-refractivity contribution in [1.29, 1.82) is 0 Å². The van der Waals surface area contributed by atoms with Gasteiger partial charge in [-0.3, -0.25) is 9.59 Å². The molecule has 154 valence electrons. The van der Waals surface area contributed by atoms with Crippen LogP contribution in [-0.4, -0.2) is 29.8 Å². The van der Waals surface area contributed by atoms with Crippen molar-refractivity contribution in [3.63, 3.8) is 0 Å². The van der Waals surface area contributed by atoms with Gasteiger partial charge in [-0.1, -0.05) is 52.3 Å². The first kappa shape index (κ1) is 20.5. The highest BCUT2D eigenvalue weighted by molar-refractivity contribution is 9.10. The molecule has 4 nitrogen and oxygen atoms in total. The van der Waals surface area contributed by atoms with Crippen molar-refractivity contribution in [1.82, 2.24) is 10.2 Å². The van der Waals surface area contributed by atoms with Gasteiger partial charge in [0.1, 0.15) is 5.82 Å². The Morgan fingerprint density at radius 3 is 2.57 bits per heavy atom. The van der Waals surface area contributed by atoms with Crippen molar-refractivity contribution in [2.75, 3.05) is 13.1 Å². The van der Waals surface area contributed by atoms with Crippen LogP contribution in [0.2, 0.25) is 0 Å². The molecule has 0 spiro atoms. The lowest BCUT2D eigenvalue weighted by Gasteiger charge is -2.31. The maximum atomic E-state index is 13.4. The third-order valence-electron chi connectivity index (χ3n) is 5.63. The summed E-state index contributed by atoms with van der Waals surface area (Å²) >= 11 is 3.38. The number of benzene rings is 3. The number of carbonyl (C=O) groups is 2. The van der Waals surface area contributed by atoms with Crippen molar-refractivity contribution >= 4 is 38.5 Å². The molecule has 1 heterocycles. The highest BCUT2D eigenvalue weighted by Crippen LogP contribution is 2.24. The fourth-order valence-electron chi connectivity index (χ4n) is 3.93. The largest absolute Gasteiger partial charge is 0.352 e. The number of hydrogen-bond donors (Lipinski definition) is 1. The van der Waals surface area contributed by atoms with Gasteiger partial charge in [-0.2, -0.15) is 0 Å². The van der Waals surface area contributed by atoms with E-state index in [-0.39, 0.29) is 30.1 Å². The number of likely N-dealkylation sites (tertiary alicyclic amines) is 1. The van der Waals surface area contributed by atoms with Gasteiger partial charge < -0.3 is 10.2 Å². The Hall–Kier alpha value is -2.73. The van der Waals surface area contributed by atoms with Crippen molar-refractivity contribution in [3.8, 4) is 0 Å². The summed E-state index contributed by atoms with van der Waals surface area (Å²) in [5.74, 6) is -0.519. The first-order valence-corrected chi connectivity index (χ1v) is 10.8. The summed E-state index contributed by atoms with van der Waals surface area (Å²) in [6.07, 6.45) is 1.24. The number of amides is 2. The average Bonchev–Trinajstić information content (AvgIpc) is 2.78. The lowest BCUT2D eigenvalue weighted by Crippen LogP contribution is -2.43. The summed E-state index contributed by atoms with van der Waals surface area (Å²) in [6.45, 7) is 1.36. The topological polar surface area (TPSA) is 49.4 Å². The van der Waals surface area contributed by atoms with Crippen LogP contribution >= 0.6 is 15.9 Å². The van der Waals surface area contributed by atoms with Gasteiger partial charge in [-0.25, -0.2) is 4.39 Å². The maximum absolute atomic E-state index is 13.4. The summed E-state index contributed by atoms with van der Waals surface area (Å²) in [4.78, 5) is 27.4. The molecule has 0 bridgehead atoms. The molecule has 1 aliphatic heterocycles. The molecule has 0 aliphatic carbocycles. The molecule has 1 aliphatic rings. The van der Waals surface area contributed by atoms with Gasteiger partial charge in [0.2, 0.25) is 5.91 Å². The van der Waals surface area contributed by atoms with E-state index >= 15 is 0 Å². The van der Waals surface area contributed by atoms with E-state index < -0.39 is 0 Å². The Balaban J connectivity index is 1.35. The molecule has 1 saturated heterocycles. The number of fused-ring (bicyclic) bond motifs is 1. The van der Waals surface area contributed by atoms with Gasteiger partial charge in [0, 0.05) is 35.6 Å². The average molecular weight is 469 g/mol. The maximum Gasteiger partial charge on any atom is 0.254 e. The monoisotopic (exact) mass is 468 g/mol. The summed E-state index contributed by atoms with van der Waals surface area (Å²) in [5.41, 5.74) is 1.40. The number of piperidine rings is 1. The van der Waals surface area contributed by atoms with Crippen LogP contribution in [0.5, 0.6) is 0 Å². The number of rotatable bonds is 4. The minimum atomic E-state index is -0.331. The second-order valence-electron chi connectivity index (χ2n) is 7.55. The van der Waals surface area contributed by atoms with Gasteiger partial charge in [0.05, 0.1) is 0 Å².